The normalized spacial score (nSPS) is 15.4. The number of hydrogen-bond donors (Lipinski definition) is 6. The number of carboxylic acids is 3. The smallest absolute Gasteiger partial charge is 0.342 e. The van der Waals surface area contributed by atoms with Crippen LogP contribution in [0.4, 0.5) is 22.0 Å². The lowest BCUT2D eigenvalue weighted by atomic mass is 9.96. The molecule has 15 nitrogen and oxygen atoms in total. The third kappa shape index (κ3) is 7.25. The maximum atomic E-state index is 13.1. The average molecular weight is 545 g/mol. The molecule has 2 aromatic rings. The SMILES string of the molecule is CN1CCN(NC(=O)N2c3ccccc3C(=O)Nc3cccnc32)CC1.O=C(O)CC(O)(CC(=O)O)C(=O)O. The molecule has 0 unspecified atom stereocenters. The molecule has 208 valence electrons. The number of pyridine rings is 1. The van der Waals surface area contributed by atoms with E-state index in [1.54, 1.807) is 42.6 Å². The number of likely N-dealkylation sites (N-methyl/N-ethyl adjacent to an activating group) is 1. The van der Waals surface area contributed by atoms with Gasteiger partial charge in [0.05, 0.1) is 29.8 Å². The van der Waals surface area contributed by atoms with Gasteiger partial charge in [0.1, 0.15) is 0 Å². The van der Waals surface area contributed by atoms with Gasteiger partial charge in [0.25, 0.3) is 5.91 Å². The molecule has 3 amide bonds. The molecule has 1 aromatic heterocycles. The van der Waals surface area contributed by atoms with E-state index < -0.39 is 36.4 Å². The molecule has 0 radical (unpaired) electrons. The zero-order chi connectivity index (χ0) is 28.7. The lowest BCUT2D eigenvalue weighted by Gasteiger charge is -2.34. The minimum Gasteiger partial charge on any atom is -0.481 e. The molecule has 0 bridgehead atoms. The Morgan fingerprint density at radius 3 is 2.18 bits per heavy atom. The molecule has 0 atom stereocenters. The molecular formula is C24H28N6O9. The van der Waals surface area contributed by atoms with Gasteiger partial charge >= 0.3 is 23.9 Å². The second-order valence-electron chi connectivity index (χ2n) is 8.87. The molecule has 4 rings (SSSR count). The number of aromatic nitrogens is 1. The van der Waals surface area contributed by atoms with Crippen molar-refractivity contribution in [3.63, 3.8) is 0 Å². The Morgan fingerprint density at radius 2 is 1.59 bits per heavy atom. The molecule has 0 spiro atoms. The number of amides is 3. The van der Waals surface area contributed by atoms with E-state index in [0.29, 0.717) is 22.8 Å². The molecule has 2 aliphatic rings. The summed E-state index contributed by atoms with van der Waals surface area (Å²) >= 11 is 0. The number of para-hydroxylation sites is 1. The Balaban J connectivity index is 0.000000276. The Morgan fingerprint density at radius 1 is 0.974 bits per heavy atom. The van der Waals surface area contributed by atoms with Gasteiger partial charge in [-0.05, 0) is 31.3 Å². The van der Waals surface area contributed by atoms with Crippen LogP contribution in [0.3, 0.4) is 0 Å². The number of carboxylic acid groups (broad SMARTS) is 3. The van der Waals surface area contributed by atoms with Crippen molar-refractivity contribution in [2.24, 2.45) is 0 Å². The number of fused-ring (bicyclic) bond motifs is 2. The summed E-state index contributed by atoms with van der Waals surface area (Å²) < 4.78 is 0. The molecule has 0 aliphatic carbocycles. The summed E-state index contributed by atoms with van der Waals surface area (Å²) in [5.74, 6) is -4.88. The molecule has 39 heavy (non-hydrogen) atoms. The number of urea groups is 1. The molecule has 1 aromatic carbocycles. The third-order valence-corrected chi connectivity index (χ3v) is 5.88. The highest BCUT2D eigenvalue weighted by atomic mass is 16.4. The van der Waals surface area contributed by atoms with Gasteiger partial charge in [-0.1, -0.05) is 12.1 Å². The number of nitrogens with zero attached hydrogens (tertiary/aromatic N) is 4. The third-order valence-electron chi connectivity index (χ3n) is 5.88. The van der Waals surface area contributed by atoms with Gasteiger partial charge in [-0.3, -0.25) is 19.8 Å². The van der Waals surface area contributed by atoms with Crippen molar-refractivity contribution in [3.8, 4) is 0 Å². The number of aliphatic hydroxyl groups is 1. The number of piperazine rings is 1. The van der Waals surface area contributed by atoms with E-state index in [9.17, 15) is 24.0 Å². The Kier molecular flexibility index (Phi) is 9.13. The maximum Gasteiger partial charge on any atom is 0.342 e. The summed E-state index contributed by atoms with van der Waals surface area (Å²) in [4.78, 5) is 64.2. The second-order valence-corrected chi connectivity index (χ2v) is 8.87. The van der Waals surface area contributed by atoms with Gasteiger partial charge in [0, 0.05) is 32.4 Å². The van der Waals surface area contributed by atoms with Gasteiger partial charge < -0.3 is 30.6 Å². The van der Waals surface area contributed by atoms with Crippen LogP contribution >= 0.6 is 0 Å². The number of carbonyl (C=O) groups is 5. The van der Waals surface area contributed by atoms with E-state index in [-0.39, 0.29) is 11.9 Å². The van der Waals surface area contributed by atoms with Crippen molar-refractivity contribution >= 4 is 47.0 Å². The fraction of sp³-hybridized carbons (Fsp3) is 0.333. The van der Waals surface area contributed by atoms with Crippen molar-refractivity contribution in [2.45, 2.75) is 18.4 Å². The van der Waals surface area contributed by atoms with Gasteiger partial charge in [-0.25, -0.2) is 24.5 Å². The fourth-order valence-electron chi connectivity index (χ4n) is 3.86. The summed E-state index contributed by atoms with van der Waals surface area (Å²) in [6, 6.07) is 10.2. The number of anilines is 3. The number of benzene rings is 1. The number of hydrazine groups is 1. The standard InChI is InChI=1S/C18H20N6O2.C6H8O7/c1-22-9-11-23(12-10-22)21-18(26)24-15-7-3-2-5-13(15)17(25)20-14-6-4-8-19-16(14)24;7-3(8)1-6(13,5(11)12)2-4(9)10/h2-8H,9-12H2,1H3,(H,20,25)(H,21,26);13H,1-2H2,(H,7,8)(H,9,10)(H,11,12). The molecular weight excluding hydrogens is 516 g/mol. The monoisotopic (exact) mass is 544 g/mol. The van der Waals surface area contributed by atoms with Gasteiger partial charge in [0.15, 0.2) is 11.4 Å². The van der Waals surface area contributed by atoms with Gasteiger partial charge in [0.2, 0.25) is 0 Å². The van der Waals surface area contributed by atoms with Crippen LogP contribution in [-0.4, -0.2) is 104 Å². The lowest BCUT2D eigenvalue weighted by molar-refractivity contribution is -0.170. The number of aliphatic carboxylic acids is 3. The molecule has 0 saturated carbocycles. The van der Waals surface area contributed by atoms with Crippen molar-refractivity contribution in [1.82, 2.24) is 20.3 Å². The van der Waals surface area contributed by atoms with Crippen molar-refractivity contribution in [2.75, 3.05) is 43.4 Å². The highest BCUT2D eigenvalue weighted by molar-refractivity contribution is 6.16. The average Bonchev–Trinajstić information content (AvgIpc) is 2.98. The van der Waals surface area contributed by atoms with Crippen molar-refractivity contribution < 1.29 is 44.4 Å². The van der Waals surface area contributed by atoms with Crippen LogP contribution in [0.5, 0.6) is 0 Å². The van der Waals surface area contributed by atoms with Crippen LogP contribution in [0.2, 0.25) is 0 Å². The summed E-state index contributed by atoms with van der Waals surface area (Å²) in [6.45, 7) is 3.24. The molecule has 2 aliphatic heterocycles. The van der Waals surface area contributed by atoms with E-state index in [1.807, 2.05) is 5.01 Å². The first-order valence-electron chi connectivity index (χ1n) is 11.7. The van der Waals surface area contributed by atoms with E-state index in [1.165, 1.54) is 4.90 Å². The Bertz CT molecular complexity index is 1250. The summed E-state index contributed by atoms with van der Waals surface area (Å²) in [6.07, 6.45) is -0.682. The van der Waals surface area contributed by atoms with Crippen molar-refractivity contribution in [1.29, 1.82) is 0 Å². The van der Waals surface area contributed by atoms with E-state index >= 15 is 0 Å². The lowest BCUT2D eigenvalue weighted by Crippen LogP contribution is -2.55. The highest BCUT2D eigenvalue weighted by Gasteiger charge is 2.40. The zero-order valence-corrected chi connectivity index (χ0v) is 20.9. The van der Waals surface area contributed by atoms with Crippen LogP contribution in [0.15, 0.2) is 42.6 Å². The van der Waals surface area contributed by atoms with Crippen LogP contribution in [-0.2, 0) is 14.4 Å². The summed E-state index contributed by atoms with van der Waals surface area (Å²) in [5.41, 5.74) is 1.65. The van der Waals surface area contributed by atoms with Crippen LogP contribution in [0, 0.1) is 0 Å². The predicted octanol–water partition coefficient (Wildman–Crippen LogP) is 0.409. The topological polar surface area (TPSA) is 213 Å². The second kappa shape index (κ2) is 12.3. The Labute approximate surface area is 222 Å². The Hall–Kier alpha value is -4.60. The largest absolute Gasteiger partial charge is 0.481 e. The van der Waals surface area contributed by atoms with Crippen LogP contribution in [0.1, 0.15) is 23.2 Å². The quantitative estimate of drug-likeness (QED) is 0.292. The molecule has 1 fully saturated rings. The summed E-state index contributed by atoms with van der Waals surface area (Å²) in [7, 11) is 2.06. The zero-order valence-electron chi connectivity index (χ0n) is 20.9. The van der Waals surface area contributed by atoms with Crippen LogP contribution in [0.25, 0.3) is 0 Å². The van der Waals surface area contributed by atoms with Crippen molar-refractivity contribution in [3.05, 3.63) is 48.2 Å². The van der Waals surface area contributed by atoms with Gasteiger partial charge in [-0.2, -0.15) is 0 Å². The van der Waals surface area contributed by atoms with E-state index in [4.69, 9.17) is 20.4 Å². The summed E-state index contributed by atoms with van der Waals surface area (Å²) in [5, 5.41) is 38.5. The molecule has 6 N–H and O–H groups in total. The fourth-order valence-corrected chi connectivity index (χ4v) is 3.86. The molecule has 15 heteroatoms. The van der Waals surface area contributed by atoms with E-state index in [2.05, 4.69) is 27.7 Å². The highest BCUT2D eigenvalue weighted by Crippen LogP contribution is 2.36. The number of rotatable bonds is 6. The number of hydrogen-bond acceptors (Lipinski definition) is 9. The maximum absolute atomic E-state index is 13.1. The molecule has 3 heterocycles. The number of nitrogens with one attached hydrogen (secondary N) is 2. The first-order chi connectivity index (χ1) is 18.4. The van der Waals surface area contributed by atoms with Gasteiger partial charge in [-0.15, -0.1) is 0 Å². The first-order valence-corrected chi connectivity index (χ1v) is 11.7. The van der Waals surface area contributed by atoms with E-state index in [0.717, 1.165) is 26.2 Å². The minimum absolute atomic E-state index is 0.259. The van der Waals surface area contributed by atoms with Crippen LogP contribution < -0.4 is 15.6 Å². The predicted molar refractivity (Wildman–Crippen MR) is 135 cm³/mol. The minimum atomic E-state index is -2.74. The number of carbonyl (C=O) groups excluding carboxylic acids is 2. The molecule has 1 saturated heterocycles. The first kappa shape index (κ1) is 29.0.